The molecule has 2 heterocycles. The molecule has 0 unspecified atom stereocenters. The van der Waals surface area contributed by atoms with Gasteiger partial charge in [0.05, 0.1) is 23.1 Å². The first-order chi connectivity index (χ1) is 11.2. The maximum atomic E-state index is 5.34. The Kier molecular flexibility index (Phi) is 3.80. The number of nitrogens with zero attached hydrogens (tertiary/aromatic N) is 4. The fourth-order valence-corrected chi connectivity index (χ4v) is 3.86. The normalized spacial score (nSPS) is 21.7. The smallest absolute Gasteiger partial charge is 0.219 e. The molecule has 1 fully saturated rings. The van der Waals surface area contributed by atoms with Crippen LogP contribution >= 0.6 is 15.9 Å². The zero-order valence-electron chi connectivity index (χ0n) is 12.8. The molecule has 1 aliphatic rings. The van der Waals surface area contributed by atoms with Crippen molar-refractivity contribution in [1.29, 1.82) is 0 Å². The molecule has 0 atom stereocenters. The van der Waals surface area contributed by atoms with Gasteiger partial charge in [-0.15, -0.1) is 10.2 Å². The van der Waals surface area contributed by atoms with Crippen LogP contribution in [-0.4, -0.2) is 27.1 Å². The first kappa shape index (κ1) is 14.7. The maximum Gasteiger partial charge on any atom is 0.219 e. The van der Waals surface area contributed by atoms with Gasteiger partial charge in [0.1, 0.15) is 5.75 Å². The van der Waals surface area contributed by atoms with E-state index in [1.165, 1.54) is 6.39 Å². The molecule has 0 bridgehead atoms. The fourth-order valence-electron chi connectivity index (χ4n) is 3.33. The second-order valence-corrected chi connectivity index (χ2v) is 6.79. The molecule has 0 amide bonds. The van der Waals surface area contributed by atoms with Gasteiger partial charge < -0.3 is 9.15 Å². The zero-order chi connectivity index (χ0) is 15.8. The minimum absolute atomic E-state index is 0.382. The fraction of sp³-hybridized carbons (Fsp3) is 0.438. The first-order valence-corrected chi connectivity index (χ1v) is 8.52. The van der Waals surface area contributed by atoms with Gasteiger partial charge in [0.15, 0.2) is 0 Å². The van der Waals surface area contributed by atoms with Crippen molar-refractivity contribution in [3.8, 4) is 5.75 Å². The SMILES string of the molecule is COc1cc2nn([C@H]3CC[C@H](c4nnco4)CC3)cc2cc1Br. The van der Waals surface area contributed by atoms with Crippen LogP contribution in [0.2, 0.25) is 0 Å². The van der Waals surface area contributed by atoms with Gasteiger partial charge in [-0.3, -0.25) is 4.68 Å². The van der Waals surface area contributed by atoms with Crippen molar-refractivity contribution < 1.29 is 9.15 Å². The van der Waals surface area contributed by atoms with E-state index in [1.54, 1.807) is 7.11 Å². The van der Waals surface area contributed by atoms with Crippen LogP contribution in [0.25, 0.3) is 10.9 Å². The Morgan fingerprint density at radius 3 is 2.78 bits per heavy atom. The number of hydrogen-bond donors (Lipinski definition) is 0. The summed E-state index contributed by atoms with van der Waals surface area (Å²) in [5.74, 6) is 1.96. The summed E-state index contributed by atoms with van der Waals surface area (Å²) in [5.41, 5.74) is 0.962. The minimum Gasteiger partial charge on any atom is -0.495 e. The number of hydrogen-bond acceptors (Lipinski definition) is 5. The average molecular weight is 377 g/mol. The van der Waals surface area contributed by atoms with Crippen molar-refractivity contribution in [2.24, 2.45) is 0 Å². The molecule has 0 saturated heterocycles. The average Bonchev–Trinajstić information content (AvgIpc) is 3.23. The van der Waals surface area contributed by atoms with Crippen LogP contribution in [0.4, 0.5) is 0 Å². The van der Waals surface area contributed by atoms with Crippen molar-refractivity contribution in [2.75, 3.05) is 7.11 Å². The van der Waals surface area contributed by atoms with Crippen LogP contribution in [0.5, 0.6) is 5.75 Å². The summed E-state index contributed by atoms with van der Waals surface area (Å²) in [6.45, 7) is 0. The molecule has 120 valence electrons. The molecule has 7 heteroatoms. The second-order valence-electron chi connectivity index (χ2n) is 5.94. The maximum absolute atomic E-state index is 5.34. The van der Waals surface area contributed by atoms with E-state index in [-0.39, 0.29) is 0 Å². The molecule has 6 nitrogen and oxygen atoms in total. The molecule has 0 N–H and O–H groups in total. The standard InChI is InChI=1S/C16H17BrN4O2/c1-22-15-7-14-11(6-13(15)17)8-21(20-14)12-4-2-10(3-5-12)16-19-18-9-23-16/h6-10,12H,2-5H2,1H3/t10-,12-. The van der Waals surface area contributed by atoms with Gasteiger partial charge >= 0.3 is 0 Å². The van der Waals surface area contributed by atoms with Crippen molar-refractivity contribution in [2.45, 2.75) is 37.6 Å². The Hall–Kier alpha value is -1.89. The van der Waals surface area contributed by atoms with Gasteiger partial charge in [-0.05, 0) is 47.7 Å². The highest BCUT2D eigenvalue weighted by atomic mass is 79.9. The summed E-state index contributed by atoms with van der Waals surface area (Å²) >= 11 is 3.53. The molecule has 1 saturated carbocycles. The van der Waals surface area contributed by atoms with E-state index in [1.807, 2.05) is 6.07 Å². The van der Waals surface area contributed by atoms with Gasteiger partial charge in [-0.25, -0.2) is 0 Å². The lowest BCUT2D eigenvalue weighted by molar-refractivity contribution is 0.279. The molecule has 1 aromatic carbocycles. The van der Waals surface area contributed by atoms with Crippen molar-refractivity contribution in [1.82, 2.24) is 20.0 Å². The third kappa shape index (κ3) is 2.73. The molecule has 0 spiro atoms. The van der Waals surface area contributed by atoms with Gasteiger partial charge in [0, 0.05) is 23.6 Å². The predicted molar refractivity (Wildman–Crippen MR) is 88.5 cm³/mol. The predicted octanol–water partition coefficient (Wildman–Crippen LogP) is 4.09. The van der Waals surface area contributed by atoms with Gasteiger partial charge in [-0.2, -0.15) is 5.10 Å². The third-order valence-electron chi connectivity index (χ3n) is 4.59. The van der Waals surface area contributed by atoms with E-state index in [0.29, 0.717) is 12.0 Å². The molecule has 0 radical (unpaired) electrons. The highest BCUT2D eigenvalue weighted by molar-refractivity contribution is 9.10. The Bertz CT molecular complexity index is 807. The lowest BCUT2D eigenvalue weighted by Gasteiger charge is -2.26. The summed E-state index contributed by atoms with van der Waals surface area (Å²) in [6, 6.07) is 4.45. The highest BCUT2D eigenvalue weighted by Gasteiger charge is 2.27. The van der Waals surface area contributed by atoms with E-state index in [0.717, 1.165) is 52.7 Å². The van der Waals surface area contributed by atoms with Gasteiger partial charge in [0.2, 0.25) is 12.3 Å². The molecular weight excluding hydrogens is 360 g/mol. The van der Waals surface area contributed by atoms with Crippen molar-refractivity contribution >= 4 is 26.8 Å². The summed E-state index contributed by atoms with van der Waals surface area (Å²) in [6.07, 6.45) is 7.77. The Labute approximate surface area is 142 Å². The summed E-state index contributed by atoms with van der Waals surface area (Å²) in [4.78, 5) is 0. The monoisotopic (exact) mass is 376 g/mol. The highest BCUT2D eigenvalue weighted by Crippen LogP contribution is 2.38. The molecule has 3 aromatic rings. The largest absolute Gasteiger partial charge is 0.495 e. The summed E-state index contributed by atoms with van der Waals surface area (Å²) < 4.78 is 13.7. The van der Waals surface area contributed by atoms with E-state index in [9.17, 15) is 0 Å². The number of fused-ring (bicyclic) bond motifs is 1. The Balaban J connectivity index is 1.54. The molecule has 0 aliphatic heterocycles. The van der Waals surface area contributed by atoms with Crippen LogP contribution in [0, 0.1) is 0 Å². The molecule has 23 heavy (non-hydrogen) atoms. The van der Waals surface area contributed by atoms with Crippen LogP contribution in [0.3, 0.4) is 0 Å². The third-order valence-corrected chi connectivity index (χ3v) is 5.21. The number of methoxy groups -OCH3 is 1. The lowest BCUT2D eigenvalue weighted by atomic mass is 9.86. The molecular formula is C16H17BrN4O2. The second kappa shape index (κ2) is 5.96. The van der Waals surface area contributed by atoms with Crippen molar-refractivity contribution in [3.63, 3.8) is 0 Å². The Morgan fingerprint density at radius 2 is 2.09 bits per heavy atom. The van der Waals surface area contributed by atoms with E-state index >= 15 is 0 Å². The van der Waals surface area contributed by atoms with Gasteiger partial charge in [-0.1, -0.05) is 0 Å². The summed E-state index contributed by atoms with van der Waals surface area (Å²) in [7, 11) is 1.67. The number of rotatable bonds is 3. The topological polar surface area (TPSA) is 66.0 Å². The number of benzene rings is 1. The first-order valence-electron chi connectivity index (χ1n) is 7.73. The number of aromatic nitrogens is 4. The quantitative estimate of drug-likeness (QED) is 0.688. The van der Waals surface area contributed by atoms with Gasteiger partial charge in [0.25, 0.3) is 0 Å². The summed E-state index contributed by atoms with van der Waals surface area (Å²) in [5, 5.41) is 13.7. The van der Waals surface area contributed by atoms with Crippen LogP contribution in [0.1, 0.15) is 43.5 Å². The molecule has 4 rings (SSSR count). The lowest BCUT2D eigenvalue weighted by Crippen LogP contribution is -2.17. The minimum atomic E-state index is 0.382. The van der Waals surface area contributed by atoms with E-state index in [2.05, 4.69) is 43.1 Å². The van der Waals surface area contributed by atoms with Crippen LogP contribution < -0.4 is 4.74 Å². The van der Waals surface area contributed by atoms with E-state index < -0.39 is 0 Å². The molecule has 1 aliphatic carbocycles. The number of ether oxygens (including phenoxy) is 1. The number of halogens is 1. The Morgan fingerprint density at radius 1 is 1.26 bits per heavy atom. The van der Waals surface area contributed by atoms with E-state index in [4.69, 9.17) is 14.3 Å². The van der Waals surface area contributed by atoms with Crippen molar-refractivity contribution in [3.05, 3.63) is 35.1 Å². The van der Waals surface area contributed by atoms with Crippen LogP contribution in [0.15, 0.2) is 33.6 Å². The zero-order valence-corrected chi connectivity index (χ0v) is 14.4. The molecule has 2 aromatic heterocycles. The van der Waals surface area contributed by atoms with Crippen LogP contribution in [-0.2, 0) is 0 Å².